The molecule has 2 heterocycles. The highest BCUT2D eigenvalue weighted by atomic mass is 35.5. The summed E-state index contributed by atoms with van der Waals surface area (Å²) in [7, 11) is 0. The fourth-order valence-corrected chi connectivity index (χ4v) is 5.59. The second-order valence-electron chi connectivity index (χ2n) is 10.2. The number of ketones is 1. The zero-order valence-corrected chi connectivity index (χ0v) is 24.3. The van der Waals surface area contributed by atoms with E-state index in [0.29, 0.717) is 59.7 Å². The van der Waals surface area contributed by atoms with Crippen molar-refractivity contribution in [1.29, 1.82) is 0 Å². The molecule has 5 rings (SSSR count). The monoisotopic (exact) mass is 594 g/mol. The van der Waals surface area contributed by atoms with Gasteiger partial charge in [0.1, 0.15) is 18.1 Å². The Kier molecular flexibility index (Phi) is 9.30. The van der Waals surface area contributed by atoms with E-state index in [0.717, 1.165) is 30.8 Å². The molecule has 0 aromatic heterocycles. The highest BCUT2D eigenvalue weighted by Gasteiger charge is 2.46. The van der Waals surface area contributed by atoms with Crippen LogP contribution in [0.5, 0.6) is 5.75 Å². The quantitative estimate of drug-likeness (QED) is 0.185. The van der Waals surface area contributed by atoms with Crippen LogP contribution < -0.4 is 4.74 Å². The van der Waals surface area contributed by atoms with Crippen LogP contribution in [-0.4, -0.2) is 66.0 Å². The Morgan fingerprint density at radius 2 is 1.73 bits per heavy atom. The molecule has 2 fully saturated rings. The third kappa shape index (κ3) is 6.60. The van der Waals surface area contributed by atoms with Crippen LogP contribution in [0.1, 0.15) is 34.7 Å². The van der Waals surface area contributed by atoms with Crippen molar-refractivity contribution in [2.45, 2.75) is 26.0 Å². The molecule has 1 atom stereocenters. The molecule has 3 aromatic rings. The Morgan fingerprint density at radius 1 is 0.976 bits per heavy atom. The van der Waals surface area contributed by atoms with Gasteiger partial charge in [-0.2, -0.15) is 0 Å². The molecule has 0 aliphatic carbocycles. The van der Waals surface area contributed by atoms with Gasteiger partial charge in [-0.05, 0) is 60.4 Å². The number of aliphatic hydroxyl groups excluding tert-OH is 1. The number of halogens is 2. The summed E-state index contributed by atoms with van der Waals surface area (Å²) in [5.41, 5.74) is 2.87. The first-order valence-corrected chi connectivity index (χ1v) is 14.4. The van der Waals surface area contributed by atoms with Gasteiger partial charge < -0.3 is 19.5 Å². The summed E-state index contributed by atoms with van der Waals surface area (Å²) < 4.78 is 11.4. The Morgan fingerprint density at radius 3 is 2.44 bits per heavy atom. The average molecular weight is 596 g/mol. The van der Waals surface area contributed by atoms with Crippen molar-refractivity contribution in [2.75, 3.05) is 39.4 Å². The number of ether oxygens (including phenoxy) is 2. The molecule has 3 aromatic carbocycles. The Hall–Kier alpha value is -3.36. The number of likely N-dealkylation sites (tertiary alicyclic amines) is 1. The topological polar surface area (TPSA) is 79.3 Å². The number of aryl methyl sites for hydroxylation is 1. The molecule has 0 saturated carbocycles. The van der Waals surface area contributed by atoms with E-state index in [1.54, 1.807) is 36.4 Å². The zero-order chi connectivity index (χ0) is 28.9. The second-order valence-corrected chi connectivity index (χ2v) is 11.0. The number of aliphatic hydroxyl groups is 1. The molecule has 0 bridgehead atoms. The standard InChI is InChI=1S/C32H32Cl2N2O5/c1-21-18-24(9-11-27(21)41-20-22-6-3-2-4-7-22)30(37)28-29(23-8-10-25(33)26(34)19-23)36(32(39)31(28)38)13-5-12-35-14-16-40-17-15-35/h2-4,6-11,18-19,29,37H,5,12-17,20H2,1H3/t29-/m0/s1. The van der Waals surface area contributed by atoms with Crippen molar-refractivity contribution in [1.82, 2.24) is 9.80 Å². The van der Waals surface area contributed by atoms with Crippen molar-refractivity contribution in [3.05, 3.63) is 105 Å². The molecule has 214 valence electrons. The first-order valence-electron chi connectivity index (χ1n) is 13.6. The van der Waals surface area contributed by atoms with Gasteiger partial charge in [0, 0.05) is 31.7 Å². The third-order valence-electron chi connectivity index (χ3n) is 7.46. The second kappa shape index (κ2) is 13.1. The minimum absolute atomic E-state index is 0.0251. The maximum Gasteiger partial charge on any atom is 0.295 e. The first-order chi connectivity index (χ1) is 19.8. The van der Waals surface area contributed by atoms with Gasteiger partial charge in [-0.15, -0.1) is 0 Å². The van der Waals surface area contributed by atoms with Gasteiger partial charge in [-0.25, -0.2) is 0 Å². The number of morpholine rings is 1. The maximum atomic E-state index is 13.4. The summed E-state index contributed by atoms with van der Waals surface area (Å²) in [6, 6.07) is 19.3. The van der Waals surface area contributed by atoms with Crippen LogP contribution in [0.15, 0.2) is 72.3 Å². The number of Topliss-reactive ketones (excluding diaryl/α,β-unsaturated/α-hetero) is 1. The highest BCUT2D eigenvalue weighted by molar-refractivity contribution is 6.46. The summed E-state index contributed by atoms with van der Waals surface area (Å²) in [5, 5.41) is 12.2. The first kappa shape index (κ1) is 29.1. The zero-order valence-electron chi connectivity index (χ0n) is 22.8. The Labute approximate surface area is 249 Å². The van der Waals surface area contributed by atoms with E-state index >= 15 is 0 Å². The minimum Gasteiger partial charge on any atom is -0.507 e. The van der Waals surface area contributed by atoms with Crippen LogP contribution in [0.4, 0.5) is 0 Å². The number of hydrogen-bond acceptors (Lipinski definition) is 6. The predicted molar refractivity (Wildman–Crippen MR) is 159 cm³/mol. The van der Waals surface area contributed by atoms with E-state index in [2.05, 4.69) is 4.90 Å². The van der Waals surface area contributed by atoms with E-state index in [9.17, 15) is 14.7 Å². The van der Waals surface area contributed by atoms with Gasteiger partial charge in [0.15, 0.2) is 0 Å². The fourth-order valence-electron chi connectivity index (χ4n) is 5.28. The van der Waals surface area contributed by atoms with Crippen LogP contribution in [0.2, 0.25) is 10.0 Å². The molecule has 2 aliphatic rings. The van der Waals surface area contributed by atoms with Crippen molar-refractivity contribution in [2.24, 2.45) is 0 Å². The van der Waals surface area contributed by atoms with Crippen LogP contribution >= 0.6 is 23.2 Å². The van der Waals surface area contributed by atoms with Crippen LogP contribution in [-0.2, 0) is 20.9 Å². The molecule has 7 nitrogen and oxygen atoms in total. The molecule has 2 aliphatic heterocycles. The molecule has 0 unspecified atom stereocenters. The molecule has 41 heavy (non-hydrogen) atoms. The molecule has 0 spiro atoms. The van der Waals surface area contributed by atoms with Gasteiger partial charge in [0.05, 0.1) is 34.9 Å². The molecule has 2 saturated heterocycles. The van der Waals surface area contributed by atoms with Crippen molar-refractivity contribution in [3.8, 4) is 5.75 Å². The lowest BCUT2D eigenvalue weighted by atomic mass is 9.94. The number of rotatable bonds is 9. The lowest BCUT2D eigenvalue weighted by molar-refractivity contribution is -0.140. The summed E-state index contributed by atoms with van der Waals surface area (Å²) >= 11 is 12.5. The van der Waals surface area contributed by atoms with Gasteiger partial charge in [-0.1, -0.05) is 59.6 Å². The van der Waals surface area contributed by atoms with E-state index < -0.39 is 17.7 Å². The van der Waals surface area contributed by atoms with Gasteiger partial charge in [-0.3, -0.25) is 14.5 Å². The van der Waals surface area contributed by atoms with E-state index in [-0.39, 0.29) is 11.3 Å². The van der Waals surface area contributed by atoms with Crippen LogP contribution in [0.3, 0.4) is 0 Å². The molecule has 1 N–H and O–H groups in total. The normalized spacial score (nSPS) is 19.1. The lowest BCUT2D eigenvalue weighted by Crippen LogP contribution is -2.38. The van der Waals surface area contributed by atoms with E-state index in [1.807, 2.05) is 37.3 Å². The van der Waals surface area contributed by atoms with E-state index in [4.69, 9.17) is 32.7 Å². The van der Waals surface area contributed by atoms with Crippen molar-refractivity contribution in [3.63, 3.8) is 0 Å². The number of amides is 1. The third-order valence-corrected chi connectivity index (χ3v) is 8.20. The molecule has 0 radical (unpaired) electrons. The fraction of sp³-hybridized carbons (Fsp3) is 0.312. The number of benzene rings is 3. The smallest absolute Gasteiger partial charge is 0.295 e. The number of nitrogens with zero attached hydrogens (tertiary/aromatic N) is 2. The summed E-state index contributed by atoms with van der Waals surface area (Å²) in [5.74, 6) is -0.959. The summed E-state index contributed by atoms with van der Waals surface area (Å²) in [6.45, 7) is 6.42. The molecular weight excluding hydrogens is 563 g/mol. The van der Waals surface area contributed by atoms with Gasteiger partial charge >= 0.3 is 0 Å². The average Bonchev–Trinajstić information content (AvgIpc) is 3.23. The maximum absolute atomic E-state index is 13.4. The minimum atomic E-state index is -0.802. The molecular formula is C32H32Cl2N2O5. The van der Waals surface area contributed by atoms with Crippen molar-refractivity contribution >= 4 is 40.7 Å². The van der Waals surface area contributed by atoms with Gasteiger partial charge in [0.2, 0.25) is 0 Å². The van der Waals surface area contributed by atoms with Crippen LogP contribution in [0, 0.1) is 6.92 Å². The number of carbonyl (C=O) groups is 2. The van der Waals surface area contributed by atoms with E-state index in [1.165, 1.54) is 4.90 Å². The molecule has 1 amide bonds. The predicted octanol–water partition coefficient (Wildman–Crippen LogP) is 6.02. The molecule has 9 heteroatoms. The highest BCUT2D eigenvalue weighted by Crippen LogP contribution is 2.41. The van der Waals surface area contributed by atoms with Gasteiger partial charge in [0.25, 0.3) is 11.7 Å². The SMILES string of the molecule is Cc1cc(C(O)=C2C(=O)C(=O)N(CCCN3CCOCC3)[C@H]2c2ccc(Cl)c(Cl)c2)ccc1OCc1ccccc1. The van der Waals surface area contributed by atoms with Crippen molar-refractivity contribution < 1.29 is 24.2 Å². The number of hydrogen-bond donors (Lipinski definition) is 1. The summed E-state index contributed by atoms with van der Waals surface area (Å²) in [4.78, 5) is 30.6. The number of carbonyl (C=O) groups excluding carboxylic acids is 2. The van der Waals surface area contributed by atoms with Crippen LogP contribution in [0.25, 0.3) is 5.76 Å². The Balaban J connectivity index is 1.44. The lowest BCUT2D eigenvalue weighted by Gasteiger charge is -2.29. The Bertz CT molecular complexity index is 1450. The summed E-state index contributed by atoms with van der Waals surface area (Å²) in [6.07, 6.45) is 0.664. The largest absolute Gasteiger partial charge is 0.507 e.